The van der Waals surface area contributed by atoms with Crippen LogP contribution in [0.1, 0.15) is 28.4 Å². The Hall–Kier alpha value is -2.69. The molecular formula is C23H21Cl2NO3. The van der Waals surface area contributed by atoms with Crippen molar-refractivity contribution >= 4 is 34.8 Å². The summed E-state index contributed by atoms with van der Waals surface area (Å²) in [6, 6.07) is 18.3. The van der Waals surface area contributed by atoms with Crippen molar-refractivity contribution in [2.24, 2.45) is 0 Å². The predicted octanol–water partition coefficient (Wildman–Crippen LogP) is 6.53. The summed E-state index contributed by atoms with van der Waals surface area (Å²) in [6.45, 7) is 4.77. The number of carbonyl (C=O) groups excluding carboxylic acids is 1. The van der Waals surface area contributed by atoms with Crippen LogP contribution in [-0.4, -0.2) is 12.5 Å². The van der Waals surface area contributed by atoms with Crippen LogP contribution in [0.25, 0.3) is 0 Å². The van der Waals surface area contributed by atoms with Crippen LogP contribution in [-0.2, 0) is 6.61 Å². The summed E-state index contributed by atoms with van der Waals surface area (Å²) >= 11 is 12.2. The molecule has 0 spiro atoms. The summed E-state index contributed by atoms with van der Waals surface area (Å²) in [5.74, 6) is 0.759. The van der Waals surface area contributed by atoms with Gasteiger partial charge in [-0.15, -0.1) is 0 Å². The zero-order valence-corrected chi connectivity index (χ0v) is 17.7. The van der Waals surface area contributed by atoms with Crippen LogP contribution >= 0.6 is 23.2 Å². The zero-order chi connectivity index (χ0) is 20.8. The monoisotopic (exact) mass is 429 g/mol. The molecule has 0 saturated heterocycles. The third-order valence-corrected chi connectivity index (χ3v) is 5.04. The van der Waals surface area contributed by atoms with E-state index in [0.29, 0.717) is 46.0 Å². The fourth-order valence-electron chi connectivity index (χ4n) is 2.68. The van der Waals surface area contributed by atoms with Crippen molar-refractivity contribution < 1.29 is 14.3 Å². The molecule has 1 amide bonds. The summed E-state index contributed by atoms with van der Waals surface area (Å²) in [5.41, 5.74) is 3.11. The Morgan fingerprint density at radius 3 is 2.45 bits per heavy atom. The van der Waals surface area contributed by atoms with Gasteiger partial charge in [0.05, 0.1) is 22.3 Å². The van der Waals surface area contributed by atoms with E-state index in [4.69, 9.17) is 32.7 Å². The van der Waals surface area contributed by atoms with Gasteiger partial charge in [0.2, 0.25) is 0 Å². The highest BCUT2D eigenvalue weighted by molar-refractivity contribution is 6.44. The van der Waals surface area contributed by atoms with E-state index in [1.54, 1.807) is 36.4 Å². The van der Waals surface area contributed by atoms with E-state index in [2.05, 4.69) is 5.32 Å². The molecule has 1 N–H and O–H groups in total. The van der Waals surface area contributed by atoms with Crippen molar-refractivity contribution in [3.05, 3.63) is 87.4 Å². The molecule has 4 nitrogen and oxygen atoms in total. The van der Waals surface area contributed by atoms with Crippen LogP contribution in [0.5, 0.6) is 11.5 Å². The molecule has 0 bridgehead atoms. The van der Waals surface area contributed by atoms with E-state index in [0.717, 1.165) is 5.56 Å². The first-order valence-electron chi connectivity index (χ1n) is 9.18. The van der Waals surface area contributed by atoms with Crippen molar-refractivity contribution in [1.29, 1.82) is 0 Å². The number of ether oxygens (including phenoxy) is 2. The number of amides is 1. The van der Waals surface area contributed by atoms with Crippen LogP contribution in [0.3, 0.4) is 0 Å². The van der Waals surface area contributed by atoms with Gasteiger partial charge in [-0.3, -0.25) is 4.79 Å². The Bertz CT molecular complexity index is 1000. The third kappa shape index (κ3) is 5.43. The number of anilines is 1. The van der Waals surface area contributed by atoms with Crippen molar-refractivity contribution in [3.63, 3.8) is 0 Å². The smallest absolute Gasteiger partial charge is 0.255 e. The molecule has 0 aromatic heterocycles. The highest BCUT2D eigenvalue weighted by Crippen LogP contribution is 2.32. The molecule has 3 aromatic rings. The Labute approximate surface area is 180 Å². The van der Waals surface area contributed by atoms with E-state index in [-0.39, 0.29) is 5.91 Å². The molecule has 0 atom stereocenters. The predicted molar refractivity (Wildman–Crippen MR) is 118 cm³/mol. The van der Waals surface area contributed by atoms with E-state index in [1.807, 2.05) is 38.1 Å². The van der Waals surface area contributed by atoms with Gasteiger partial charge in [0.25, 0.3) is 5.91 Å². The minimum Gasteiger partial charge on any atom is -0.490 e. The largest absolute Gasteiger partial charge is 0.490 e. The lowest BCUT2D eigenvalue weighted by Crippen LogP contribution is -2.13. The zero-order valence-electron chi connectivity index (χ0n) is 16.2. The van der Waals surface area contributed by atoms with Crippen LogP contribution in [0.15, 0.2) is 60.7 Å². The normalized spacial score (nSPS) is 10.5. The number of hydrogen-bond acceptors (Lipinski definition) is 3. The Morgan fingerprint density at radius 2 is 1.72 bits per heavy atom. The molecule has 0 aliphatic carbocycles. The van der Waals surface area contributed by atoms with Gasteiger partial charge in [-0.25, -0.2) is 0 Å². The molecule has 6 heteroatoms. The number of benzene rings is 3. The molecule has 0 radical (unpaired) electrons. The minimum absolute atomic E-state index is 0.297. The number of aryl methyl sites for hydroxylation is 1. The summed E-state index contributed by atoms with van der Waals surface area (Å²) in [5, 5.41) is 3.44. The standard InChI is InChI=1S/C23H21Cl2NO3/c1-3-28-21-13-17(23(27)26-19-6-4-5-18(24)22(19)25)11-12-20(21)29-14-16-9-7-15(2)8-10-16/h4-13H,3,14H2,1-2H3,(H,26,27). The first-order valence-corrected chi connectivity index (χ1v) is 9.94. The molecule has 0 unspecified atom stereocenters. The lowest BCUT2D eigenvalue weighted by Gasteiger charge is -2.14. The summed E-state index contributed by atoms with van der Waals surface area (Å²) in [7, 11) is 0. The average molecular weight is 430 g/mol. The van der Waals surface area contributed by atoms with Gasteiger partial charge in [-0.1, -0.05) is 59.1 Å². The summed E-state index contributed by atoms with van der Waals surface area (Å²) in [4.78, 5) is 12.6. The van der Waals surface area contributed by atoms with Gasteiger partial charge in [0, 0.05) is 5.56 Å². The van der Waals surface area contributed by atoms with E-state index >= 15 is 0 Å². The van der Waals surface area contributed by atoms with E-state index in [9.17, 15) is 4.79 Å². The van der Waals surface area contributed by atoms with Crippen LogP contribution in [0.4, 0.5) is 5.69 Å². The fourth-order valence-corrected chi connectivity index (χ4v) is 3.02. The third-order valence-electron chi connectivity index (χ3n) is 4.22. The maximum absolute atomic E-state index is 12.6. The molecule has 3 rings (SSSR count). The van der Waals surface area contributed by atoms with Crippen LogP contribution in [0.2, 0.25) is 10.0 Å². The first-order chi connectivity index (χ1) is 14.0. The molecule has 0 fully saturated rings. The highest BCUT2D eigenvalue weighted by Gasteiger charge is 2.14. The molecule has 3 aromatic carbocycles. The van der Waals surface area contributed by atoms with Gasteiger partial charge in [0.1, 0.15) is 6.61 Å². The Kier molecular flexibility index (Phi) is 7.02. The van der Waals surface area contributed by atoms with Crippen molar-refractivity contribution in [2.75, 3.05) is 11.9 Å². The second kappa shape index (κ2) is 9.68. The van der Waals surface area contributed by atoms with Crippen molar-refractivity contribution in [1.82, 2.24) is 0 Å². The molecule has 0 aliphatic rings. The van der Waals surface area contributed by atoms with E-state index in [1.165, 1.54) is 5.56 Å². The number of hydrogen-bond donors (Lipinski definition) is 1. The van der Waals surface area contributed by atoms with Gasteiger partial charge < -0.3 is 14.8 Å². The Balaban J connectivity index is 1.76. The number of halogens is 2. The van der Waals surface area contributed by atoms with Gasteiger partial charge >= 0.3 is 0 Å². The van der Waals surface area contributed by atoms with Gasteiger partial charge in [-0.05, 0) is 49.7 Å². The number of carbonyl (C=O) groups is 1. The fraction of sp³-hybridized carbons (Fsp3) is 0.174. The minimum atomic E-state index is -0.319. The Morgan fingerprint density at radius 1 is 0.966 bits per heavy atom. The number of rotatable bonds is 7. The molecular weight excluding hydrogens is 409 g/mol. The molecule has 0 aliphatic heterocycles. The maximum atomic E-state index is 12.6. The highest BCUT2D eigenvalue weighted by atomic mass is 35.5. The van der Waals surface area contributed by atoms with Crippen LogP contribution < -0.4 is 14.8 Å². The first kappa shape index (κ1) is 21.0. The molecule has 0 saturated carbocycles. The van der Waals surface area contributed by atoms with Crippen molar-refractivity contribution in [2.45, 2.75) is 20.5 Å². The molecule has 29 heavy (non-hydrogen) atoms. The molecule has 150 valence electrons. The SMILES string of the molecule is CCOc1cc(C(=O)Nc2cccc(Cl)c2Cl)ccc1OCc1ccc(C)cc1. The van der Waals surface area contributed by atoms with Gasteiger partial charge in [-0.2, -0.15) is 0 Å². The lowest BCUT2D eigenvalue weighted by atomic mass is 10.1. The van der Waals surface area contributed by atoms with Crippen LogP contribution in [0, 0.1) is 6.92 Å². The number of nitrogens with one attached hydrogen (secondary N) is 1. The lowest BCUT2D eigenvalue weighted by molar-refractivity contribution is 0.102. The second-order valence-corrected chi connectivity index (χ2v) is 7.21. The topological polar surface area (TPSA) is 47.6 Å². The molecule has 0 heterocycles. The quantitative estimate of drug-likeness (QED) is 0.464. The average Bonchev–Trinajstić information content (AvgIpc) is 2.72. The summed E-state index contributed by atoms with van der Waals surface area (Å²) in [6.07, 6.45) is 0. The summed E-state index contributed by atoms with van der Waals surface area (Å²) < 4.78 is 11.6. The maximum Gasteiger partial charge on any atom is 0.255 e. The van der Waals surface area contributed by atoms with E-state index < -0.39 is 0 Å². The van der Waals surface area contributed by atoms with Crippen molar-refractivity contribution in [3.8, 4) is 11.5 Å². The second-order valence-electron chi connectivity index (χ2n) is 6.42. The van der Waals surface area contributed by atoms with Gasteiger partial charge in [0.15, 0.2) is 11.5 Å².